The molecule has 1 heterocycles. The fourth-order valence-electron chi connectivity index (χ4n) is 3.03. The van der Waals surface area contributed by atoms with E-state index in [0.29, 0.717) is 5.92 Å². The third-order valence-corrected chi connectivity index (χ3v) is 4.56. The molecule has 23 heavy (non-hydrogen) atoms. The normalized spacial score (nSPS) is 16.6. The zero-order chi connectivity index (χ0) is 16.1. The van der Waals surface area contributed by atoms with E-state index < -0.39 is 5.60 Å². The summed E-state index contributed by atoms with van der Waals surface area (Å²) in [5.74, 6) is 6.92. The second-order valence-corrected chi connectivity index (χ2v) is 6.29. The number of hydrogen-bond acceptors (Lipinski definition) is 2. The molecular weight excluding hydrogens is 282 g/mol. The molecule has 0 radical (unpaired) electrons. The molecule has 3 rings (SSSR count). The molecule has 0 saturated carbocycles. The number of aliphatic hydroxyl groups is 1. The van der Waals surface area contributed by atoms with Crippen molar-refractivity contribution in [3.63, 3.8) is 0 Å². The van der Waals surface area contributed by atoms with Crippen molar-refractivity contribution in [2.45, 2.75) is 18.4 Å². The standard InChI is InChI=1S/C21H23NO/c1-22-16-13-18(14-17-22)12-15-21(23,19-8-4-2-5-9-19)20-10-6-3-7-11-20/h2-11,18,23H,13-14,16-17H2,1H3. The minimum absolute atomic E-state index is 0.366. The smallest absolute Gasteiger partial charge is 0.176 e. The molecule has 0 aromatic heterocycles. The van der Waals surface area contributed by atoms with Crippen LogP contribution in [0.2, 0.25) is 0 Å². The lowest BCUT2D eigenvalue weighted by molar-refractivity contribution is 0.144. The van der Waals surface area contributed by atoms with E-state index in [-0.39, 0.29) is 0 Å². The highest BCUT2D eigenvalue weighted by Gasteiger charge is 2.29. The summed E-state index contributed by atoms with van der Waals surface area (Å²) in [5.41, 5.74) is 0.407. The highest BCUT2D eigenvalue weighted by Crippen LogP contribution is 2.29. The number of rotatable bonds is 2. The SMILES string of the molecule is CN1CCC(C#CC(O)(c2ccccc2)c2ccccc2)CC1. The second kappa shape index (κ2) is 7.00. The first-order valence-corrected chi connectivity index (χ1v) is 8.23. The van der Waals surface area contributed by atoms with E-state index in [0.717, 1.165) is 37.1 Å². The minimum atomic E-state index is -1.24. The van der Waals surface area contributed by atoms with Crippen LogP contribution in [0, 0.1) is 17.8 Å². The van der Waals surface area contributed by atoms with Crippen LogP contribution in [0.3, 0.4) is 0 Å². The van der Waals surface area contributed by atoms with Gasteiger partial charge in [-0.05, 0) is 33.0 Å². The quantitative estimate of drug-likeness (QED) is 0.861. The van der Waals surface area contributed by atoms with Gasteiger partial charge in [-0.15, -0.1) is 0 Å². The summed E-state index contributed by atoms with van der Waals surface area (Å²) in [6, 6.07) is 19.5. The lowest BCUT2D eigenvalue weighted by Gasteiger charge is -2.27. The predicted molar refractivity (Wildman–Crippen MR) is 93.9 cm³/mol. The van der Waals surface area contributed by atoms with Gasteiger partial charge in [-0.2, -0.15) is 0 Å². The Balaban J connectivity index is 1.94. The Morgan fingerprint density at radius 2 is 1.39 bits per heavy atom. The van der Waals surface area contributed by atoms with Gasteiger partial charge in [0.1, 0.15) is 0 Å². The number of hydrogen-bond donors (Lipinski definition) is 1. The molecule has 1 N–H and O–H groups in total. The highest BCUT2D eigenvalue weighted by atomic mass is 16.3. The van der Waals surface area contributed by atoms with Crippen molar-refractivity contribution in [1.82, 2.24) is 4.90 Å². The Labute approximate surface area is 138 Å². The summed E-state index contributed by atoms with van der Waals surface area (Å²) in [4.78, 5) is 2.33. The third kappa shape index (κ3) is 3.64. The molecular formula is C21H23NO. The van der Waals surface area contributed by atoms with E-state index in [9.17, 15) is 5.11 Å². The van der Waals surface area contributed by atoms with Crippen molar-refractivity contribution in [1.29, 1.82) is 0 Å². The van der Waals surface area contributed by atoms with Crippen molar-refractivity contribution in [2.75, 3.05) is 20.1 Å². The van der Waals surface area contributed by atoms with E-state index >= 15 is 0 Å². The summed E-state index contributed by atoms with van der Waals surface area (Å²) >= 11 is 0. The van der Waals surface area contributed by atoms with E-state index in [2.05, 4.69) is 23.8 Å². The lowest BCUT2D eigenvalue weighted by Crippen LogP contribution is -2.30. The van der Waals surface area contributed by atoms with Gasteiger partial charge in [0.05, 0.1) is 0 Å². The van der Waals surface area contributed by atoms with Crippen molar-refractivity contribution < 1.29 is 5.11 Å². The van der Waals surface area contributed by atoms with Crippen LogP contribution in [-0.2, 0) is 5.60 Å². The molecule has 1 aliphatic rings. The Morgan fingerprint density at radius 1 is 0.913 bits per heavy atom. The Hall–Kier alpha value is -2.08. The second-order valence-electron chi connectivity index (χ2n) is 6.29. The van der Waals surface area contributed by atoms with Crippen LogP contribution < -0.4 is 0 Å². The molecule has 118 valence electrons. The Bertz CT molecular complexity index is 637. The maximum absolute atomic E-state index is 11.4. The van der Waals surface area contributed by atoms with E-state index in [1.165, 1.54) is 0 Å². The zero-order valence-corrected chi connectivity index (χ0v) is 13.6. The van der Waals surface area contributed by atoms with Gasteiger partial charge in [-0.3, -0.25) is 0 Å². The van der Waals surface area contributed by atoms with Crippen LogP contribution in [0.5, 0.6) is 0 Å². The maximum Gasteiger partial charge on any atom is 0.176 e. The Morgan fingerprint density at radius 3 is 1.87 bits per heavy atom. The van der Waals surface area contributed by atoms with Gasteiger partial charge in [0.15, 0.2) is 5.60 Å². The molecule has 0 atom stereocenters. The first-order chi connectivity index (χ1) is 11.2. The van der Waals surface area contributed by atoms with Gasteiger partial charge in [0.25, 0.3) is 0 Å². The summed E-state index contributed by atoms with van der Waals surface area (Å²) < 4.78 is 0. The average Bonchev–Trinajstić information content (AvgIpc) is 2.62. The molecule has 0 unspecified atom stereocenters. The fraction of sp³-hybridized carbons (Fsp3) is 0.333. The molecule has 2 heteroatoms. The van der Waals surface area contributed by atoms with Crippen LogP contribution in [-0.4, -0.2) is 30.1 Å². The van der Waals surface area contributed by atoms with Crippen molar-refractivity contribution >= 4 is 0 Å². The monoisotopic (exact) mass is 305 g/mol. The van der Waals surface area contributed by atoms with Gasteiger partial charge in [-0.1, -0.05) is 72.5 Å². The third-order valence-electron chi connectivity index (χ3n) is 4.56. The van der Waals surface area contributed by atoms with Gasteiger partial charge in [-0.25, -0.2) is 0 Å². The van der Waals surface area contributed by atoms with Gasteiger partial charge >= 0.3 is 0 Å². The summed E-state index contributed by atoms with van der Waals surface area (Å²) in [7, 11) is 2.15. The summed E-state index contributed by atoms with van der Waals surface area (Å²) in [6.07, 6.45) is 2.15. The van der Waals surface area contributed by atoms with Crippen LogP contribution in [0.15, 0.2) is 60.7 Å². The molecule has 0 spiro atoms. The van der Waals surface area contributed by atoms with Crippen LogP contribution in [0.1, 0.15) is 24.0 Å². The molecule has 0 bridgehead atoms. The molecule has 2 aromatic rings. The van der Waals surface area contributed by atoms with Gasteiger partial charge < -0.3 is 10.0 Å². The molecule has 1 saturated heterocycles. The topological polar surface area (TPSA) is 23.5 Å². The number of likely N-dealkylation sites (tertiary alicyclic amines) is 1. The van der Waals surface area contributed by atoms with Gasteiger partial charge in [0.2, 0.25) is 0 Å². The zero-order valence-electron chi connectivity index (χ0n) is 13.6. The van der Waals surface area contributed by atoms with Crippen molar-refractivity contribution in [3.8, 4) is 11.8 Å². The summed E-state index contributed by atoms with van der Waals surface area (Å²) in [6.45, 7) is 2.16. The van der Waals surface area contributed by atoms with Crippen molar-refractivity contribution in [2.24, 2.45) is 5.92 Å². The number of piperidine rings is 1. The largest absolute Gasteiger partial charge is 0.369 e. The first kappa shape index (κ1) is 15.8. The van der Waals surface area contributed by atoms with E-state index in [4.69, 9.17) is 0 Å². The van der Waals surface area contributed by atoms with Crippen LogP contribution >= 0.6 is 0 Å². The number of benzene rings is 2. The van der Waals surface area contributed by atoms with Crippen LogP contribution in [0.25, 0.3) is 0 Å². The molecule has 0 aliphatic carbocycles. The lowest BCUT2D eigenvalue weighted by atomic mass is 9.86. The molecule has 0 amide bonds. The molecule has 2 aromatic carbocycles. The van der Waals surface area contributed by atoms with E-state index in [1.807, 2.05) is 60.7 Å². The van der Waals surface area contributed by atoms with Gasteiger partial charge in [0, 0.05) is 17.0 Å². The molecule has 1 aliphatic heterocycles. The fourth-order valence-corrected chi connectivity index (χ4v) is 3.03. The van der Waals surface area contributed by atoms with Crippen molar-refractivity contribution in [3.05, 3.63) is 71.8 Å². The number of nitrogens with zero attached hydrogens (tertiary/aromatic N) is 1. The van der Waals surface area contributed by atoms with Crippen LogP contribution in [0.4, 0.5) is 0 Å². The summed E-state index contributed by atoms with van der Waals surface area (Å²) in [5, 5.41) is 11.4. The molecule has 1 fully saturated rings. The molecule has 2 nitrogen and oxygen atoms in total. The van der Waals surface area contributed by atoms with E-state index in [1.54, 1.807) is 0 Å². The first-order valence-electron chi connectivity index (χ1n) is 8.23. The average molecular weight is 305 g/mol. The Kier molecular flexibility index (Phi) is 4.81. The highest BCUT2D eigenvalue weighted by molar-refractivity contribution is 5.44. The maximum atomic E-state index is 11.4. The minimum Gasteiger partial charge on any atom is -0.369 e. The predicted octanol–water partition coefficient (Wildman–Crippen LogP) is 3.27.